The fraction of sp³-hybridized carbons (Fsp3) is 0.423. The number of carbonyl (C=O) groups is 4. The number of nitrogens with one attached hydrogen (secondary N) is 5. The largest absolute Gasteiger partial charge is 0.480 e. The zero-order chi connectivity index (χ0) is 28.7. The summed E-state index contributed by atoms with van der Waals surface area (Å²) in [6.07, 6.45) is 3.43. The van der Waals surface area contributed by atoms with Gasteiger partial charge < -0.3 is 41.9 Å². The third-order valence-electron chi connectivity index (χ3n) is 6.36. The van der Waals surface area contributed by atoms with Gasteiger partial charge in [-0.15, -0.1) is 0 Å². The number of nitrogens with zero attached hydrogens (tertiary/aromatic N) is 1. The average Bonchev–Trinajstić information content (AvgIpc) is 3.54. The van der Waals surface area contributed by atoms with Gasteiger partial charge in [0, 0.05) is 35.4 Å². The van der Waals surface area contributed by atoms with Crippen LogP contribution in [0, 0.1) is 5.92 Å². The number of aromatic amines is 2. The van der Waals surface area contributed by atoms with Gasteiger partial charge in [-0.1, -0.05) is 32.0 Å². The first-order chi connectivity index (χ1) is 18.5. The SMILES string of the molecule is CC(C)C(NC(=O)C(Cc1cnc[nH]1)NC(=O)C(NC(=O)C(N)Cc1c[nH]c2ccccc12)C(C)O)C(=O)O. The second-order valence-electron chi connectivity index (χ2n) is 9.81. The number of aliphatic hydroxyl groups is 1. The van der Waals surface area contributed by atoms with Crippen LogP contribution in [0.4, 0.5) is 0 Å². The summed E-state index contributed by atoms with van der Waals surface area (Å²) in [6, 6.07) is 2.68. The summed E-state index contributed by atoms with van der Waals surface area (Å²) in [6.45, 7) is 4.60. The number of carboxylic acid groups (broad SMARTS) is 1. The molecule has 3 amide bonds. The molecule has 0 radical (unpaired) electrons. The molecule has 13 heteroatoms. The van der Waals surface area contributed by atoms with Gasteiger partial charge in [0.2, 0.25) is 17.7 Å². The summed E-state index contributed by atoms with van der Waals surface area (Å²) in [5, 5.41) is 28.1. The first-order valence-electron chi connectivity index (χ1n) is 12.6. The summed E-state index contributed by atoms with van der Waals surface area (Å²) in [7, 11) is 0. The number of hydrogen-bond acceptors (Lipinski definition) is 7. The van der Waals surface area contributed by atoms with E-state index in [2.05, 4.69) is 30.9 Å². The van der Waals surface area contributed by atoms with Crippen molar-refractivity contribution in [3.63, 3.8) is 0 Å². The summed E-state index contributed by atoms with van der Waals surface area (Å²) >= 11 is 0. The predicted octanol–water partition coefficient (Wildman–Crippen LogP) is -0.421. The van der Waals surface area contributed by atoms with E-state index in [-0.39, 0.29) is 12.8 Å². The number of aliphatic carboxylic acids is 1. The number of aromatic nitrogens is 3. The first kappa shape index (κ1) is 29.3. The van der Waals surface area contributed by atoms with Crippen LogP contribution in [-0.2, 0) is 32.0 Å². The quantitative estimate of drug-likeness (QED) is 0.142. The van der Waals surface area contributed by atoms with Crippen molar-refractivity contribution < 1.29 is 29.4 Å². The number of hydrogen-bond donors (Lipinski definition) is 8. The monoisotopic (exact) mass is 541 g/mol. The van der Waals surface area contributed by atoms with Gasteiger partial charge in [0.15, 0.2) is 0 Å². The Balaban J connectivity index is 1.71. The lowest BCUT2D eigenvalue weighted by Gasteiger charge is -2.27. The minimum atomic E-state index is -1.43. The van der Waals surface area contributed by atoms with E-state index in [1.54, 1.807) is 20.0 Å². The van der Waals surface area contributed by atoms with Crippen LogP contribution in [0.3, 0.4) is 0 Å². The molecule has 210 valence electrons. The average molecular weight is 542 g/mol. The number of aliphatic hydroxyl groups excluding tert-OH is 1. The van der Waals surface area contributed by atoms with Crippen LogP contribution in [0.2, 0.25) is 0 Å². The number of amides is 3. The molecule has 2 aromatic heterocycles. The fourth-order valence-electron chi connectivity index (χ4n) is 4.15. The van der Waals surface area contributed by atoms with Crippen molar-refractivity contribution in [1.82, 2.24) is 30.9 Å². The van der Waals surface area contributed by atoms with Crippen molar-refractivity contribution in [1.29, 1.82) is 0 Å². The molecule has 0 saturated heterocycles. The summed E-state index contributed by atoms with van der Waals surface area (Å²) in [4.78, 5) is 60.5. The Morgan fingerprint density at radius 2 is 1.64 bits per heavy atom. The Bertz CT molecular complexity index is 1290. The Kier molecular flexibility index (Phi) is 9.79. The molecule has 0 aliphatic carbocycles. The van der Waals surface area contributed by atoms with Crippen LogP contribution in [-0.4, -0.2) is 79.1 Å². The lowest BCUT2D eigenvalue weighted by Crippen LogP contribution is -2.60. The number of fused-ring (bicyclic) bond motifs is 1. The van der Waals surface area contributed by atoms with Crippen LogP contribution in [0.5, 0.6) is 0 Å². The van der Waals surface area contributed by atoms with E-state index in [1.807, 2.05) is 24.3 Å². The lowest BCUT2D eigenvalue weighted by molar-refractivity contribution is -0.143. The van der Waals surface area contributed by atoms with E-state index < -0.39 is 59.9 Å². The molecule has 3 rings (SSSR count). The van der Waals surface area contributed by atoms with Crippen LogP contribution >= 0.6 is 0 Å². The molecule has 0 spiro atoms. The molecule has 3 aromatic rings. The normalized spacial score (nSPS) is 15.2. The van der Waals surface area contributed by atoms with Crippen molar-refractivity contribution in [2.24, 2.45) is 11.7 Å². The number of carbonyl (C=O) groups excluding carboxylic acids is 3. The first-order valence-corrected chi connectivity index (χ1v) is 12.6. The fourth-order valence-corrected chi connectivity index (χ4v) is 4.15. The number of benzene rings is 1. The smallest absolute Gasteiger partial charge is 0.326 e. The molecule has 9 N–H and O–H groups in total. The Morgan fingerprint density at radius 3 is 2.26 bits per heavy atom. The maximum absolute atomic E-state index is 13.2. The molecule has 0 fully saturated rings. The molecule has 5 unspecified atom stereocenters. The molecule has 13 nitrogen and oxygen atoms in total. The minimum Gasteiger partial charge on any atom is -0.480 e. The third-order valence-corrected chi connectivity index (χ3v) is 6.36. The van der Waals surface area contributed by atoms with Gasteiger partial charge in [-0.3, -0.25) is 14.4 Å². The number of nitrogens with two attached hydrogens (primary N) is 1. The molecule has 1 aromatic carbocycles. The molecular formula is C26H35N7O6. The van der Waals surface area contributed by atoms with E-state index >= 15 is 0 Å². The van der Waals surface area contributed by atoms with Crippen molar-refractivity contribution in [3.8, 4) is 0 Å². The van der Waals surface area contributed by atoms with Crippen molar-refractivity contribution in [3.05, 3.63) is 54.2 Å². The second-order valence-corrected chi connectivity index (χ2v) is 9.81. The third kappa shape index (κ3) is 7.65. The molecule has 39 heavy (non-hydrogen) atoms. The van der Waals surface area contributed by atoms with E-state index in [1.165, 1.54) is 19.4 Å². The standard InChI is InChI=1S/C26H35N7O6/c1-13(2)21(26(38)39)32-24(36)20(9-16-11-28-12-30-16)31-25(37)22(14(3)34)33-23(35)18(27)8-15-10-29-19-7-5-4-6-17(15)19/h4-7,10-14,18,20-22,29,34H,8-9,27H2,1-3H3,(H,28,30)(H,31,37)(H,32,36)(H,33,35)(H,38,39). The van der Waals surface area contributed by atoms with E-state index in [0.29, 0.717) is 5.69 Å². The highest BCUT2D eigenvalue weighted by molar-refractivity contribution is 5.95. The predicted molar refractivity (Wildman–Crippen MR) is 142 cm³/mol. The highest BCUT2D eigenvalue weighted by atomic mass is 16.4. The number of rotatable bonds is 13. The van der Waals surface area contributed by atoms with Crippen molar-refractivity contribution >= 4 is 34.6 Å². The molecule has 2 heterocycles. The second kappa shape index (κ2) is 13.0. The number of imidazole rings is 1. The molecule has 5 atom stereocenters. The van der Waals surface area contributed by atoms with Crippen molar-refractivity contribution in [2.45, 2.75) is 63.9 Å². The van der Waals surface area contributed by atoms with Gasteiger partial charge in [-0.05, 0) is 30.9 Å². The van der Waals surface area contributed by atoms with Gasteiger partial charge in [-0.25, -0.2) is 9.78 Å². The minimum absolute atomic E-state index is 0.0391. The maximum atomic E-state index is 13.2. The molecule has 0 aliphatic heterocycles. The van der Waals surface area contributed by atoms with Crippen LogP contribution in [0.1, 0.15) is 32.0 Å². The van der Waals surface area contributed by atoms with Crippen molar-refractivity contribution in [2.75, 3.05) is 0 Å². The Hall–Kier alpha value is -4.23. The van der Waals surface area contributed by atoms with E-state index in [4.69, 9.17) is 5.73 Å². The van der Waals surface area contributed by atoms with Gasteiger partial charge in [0.05, 0.1) is 18.5 Å². The summed E-state index contributed by atoms with van der Waals surface area (Å²) in [5.41, 5.74) is 8.35. The molecule has 0 bridgehead atoms. The summed E-state index contributed by atoms with van der Waals surface area (Å²) in [5.74, 6) is -3.89. The van der Waals surface area contributed by atoms with Crippen LogP contribution < -0.4 is 21.7 Å². The Labute approximate surface area is 225 Å². The van der Waals surface area contributed by atoms with Gasteiger partial charge >= 0.3 is 5.97 Å². The highest BCUT2D eigenvalue weighted by Crippen LogP contribution is 2.19. The lowest BCUT2D eigenvalue weighted by atomic mass is 10.0. The molecule has 0 saturated carbocycles. The van der Waals surface area contributed by atoms with E-state index in [9.17, 15) is 29.4 Å². The van der Waals surface area contributed by atoms with E-state index in [0.717, 1.165) is 16.5 Å². The molecule has 0 aliphatic rings. The topological polar surface area (TPSA) is 215 Å². The zero-order valence-electron chi connectivity index (χ0n) is 22.0. The number of H-pyrrole nitrogens is 2. The van der Waals surface area contributed by atoms with Gasteiger partial charge in [0.25, 0.3) is 0 Å². The van der Waals surface area contributed by atoms with Gasteiger partial charge in [-0.2, -0.15) is 0 Å². The van der Waals surface area contributed by atoms with Crippen LogP contribution in [0.15, 0.2) is 43.0 Å². The zero-order valence-corrected chi connectivity index (χ0v) is 22.0. The highest BCUT2D eigenvalue weighted by Gasteiger charge is 2.33. The van der Waals surface area contributed by atoms with Crippen LogP contribution in [0.25, 0.3) is 10.9 Å². The number of carboxylic acids is 1. The maximum Gasteiger partial charge on any atom is 0.326 e. The van der Waals surface area contributed by atoms with Gasteiger partial charge in [0.1, 0.15) is 18.1 Å². The molecular weight excluding hydrogens is 506 g/mol. The number of para-hydroxylation sites is 1. The Morgan fingerprint density at radius 1 is 0.949 bits per heavy atom. The summed E-state index contributed by atoms with van der Waals surface area (Å²) < 4.78 is 0.